The molecule has 1 aliphatic rings. The monoisotopic (exact) mass is 196 g/mol. The van der Waals surface area contributed by atoms with Gasteiger partial charge in [-0.1, -0.05) is 0 Å². The number of hydrogen-bond acceptors (Lipinski definition) is 3. The molecule has 1 fully saturated rings. The summed E-state index contributed by atoms with van der Waals surface area (Å²) in [6.45, 7) is 3.78. The van der Waals surface area contributed by atoms with Crippen molar-refractivity contribution in [1.82, 2.24) is 0 Å². The van der Waals surface area contributed by atoms with E-state index in [9.17, 15) is 4.57 Å². The molecule has 10 heavy (non-hydrogen) atoms. The fourth-order valence-corrected chi connectivity index (χ4v) is 6.51. The van der Waals surface area contributed by atoms with Crippen LogP contribution in [0, 0.1) is 0 Å². The molecule has 0 aliphatic carbocycles. The second-order valence-electron chi connectivity index (χ2n) is 2.84. The molecule has 0 bridgehead atoms. The van der Waals surface area contributed by atoms with E-state index in [0.29, 0.717) is 4.32 Å². The largest absolute Gasteiger partial charge is 0.322 e. The molecule has 1 heterocycles. The molecular weight excluding hydrogens is 183 g/mol. The molecule has 0 amide bonds. The highest BCUT2D eigenvalue weighted by atomic mass is 32.2. The van der Waals surface area contributed by atoms with Crippen LogP contribution in [-0.2, 0) is 4.57 Å². The van der Waals surface area contributed by atoms with Gasteiger partial charge in [-0.3, -0.25) is 0 Å². The van der Waals surface area contributed by atoms with E-state index in [-0.39, 0.29) is 0 Å². The molecule has 0 spiro atoms. The highest BCUT2D eigenvalue weighted by Gasteiger charge is 2.25. The first-order chi connectivity index (χ1) is 4.61. The molecule has 1 rings (SSSR count). The highest BCUT2D eigenvalue weighted by Crippen LogP contribution is 2.55. The van der Waals surface area contributed by atoms with Gasteiger partial charge in [0.1, 0.15) is 11.5 Å². The second kappa shape index (κ2) is 3.55. The molecule has 0 aromatic carbocycles. The van der Waals surface area contributed by atoms with Crippen LogP contribution in [0.5, 0.6) is 0 Å². The lowest BCUT2D eigenvalue weighted by atomic mass is 10.6. The first kappa shape index (κ1) is 9.02. The topological polar surface area (TPSA) is 17.1 Å². The van der Waals surface area contributed by atoms with Crippen LogP contribution in [0.4, 0.5) is 0 Å². The Hall–Kier alpha value is 0.930. The predicted octanol–water partition coefficient (Wildman–Crippen LogP) is 2.76. The number of thioether (sulfide) groups is 2. The fraction of sp³-hybridized carbons (Fsp3) is 1.00. The van der Waals surface area contributed by atoms with Crippen molar-refractivity contribution in [3.63, 3.8) is 0 Å². The van der Waals surface area contributed by atoms with E-state index in [1.165, 1.54) is 17.9 Å². The third kappa shape index (κ3) is 2.52. The van der Waals surface area contributed by atoms with Crippen LogP contribution in [0.3, 0.4) is 0 Å². The molecule has 0 radical (unpaired) electrons. The van der Waals surface area contributed by atoms with Gasteiger partial charge >= 0.3 is 0 Å². The van der Waals surface area contributed by atoms with Crippen LogP contribution in [0.1, 0.15) is 6.42 Å². The highest BCUT2D eigenvalue weighted by molar-refractivity contribution is 8.24. The number of rotatable bonds is 1. The SMILES string of the molecule is CP(C)(=O)C1SCCCS1. The standard InChI is InChI=1S/C6H13OPS2/c1-8(2,7)6-9-4-3-5-10-6/h6H,3-5H2,1-2H3. The normalized spacial score (nSPS) is 23.0. The Bertz CT molecular complexity index is 148. The molecule has 0 aromatic heterocycles. The van der Waals surface area contributed by atoms with Gasteiger partial charge in [-0.25, -0.2) is 0 Å². The zero-order chi connectivity index (χ0) is 7.61. The van der Waals surface area contributed by atoms with Crippen molar-refractivity contribution < 1.29 is 4.57 Å². The van der Waals surface area contributed by atoms with Crippen molar-refractivity contribution in [1.29, 1.82) is 0 Å². The Kier molecular flexibility index (Phi) is 3.20. The van der Waals surface area contributed by atoms with Crippen LogP contribution >= 0.6 is 30.7 Å². The van der Waals surface area contributed by atoms with Crippen LogP contribution in [0.15, 0.2) is 0 Å². The van der Waals surface area contributed by atoms with Gasteiger partial charge in [-0.2, -0.15) is 0 Å². The van der Waals surface area contributed by atoms with Gasteiger partial charge in [0.2, 0.25) is 0 Å². The van der Waals surface area contributed by atoms with Crippen molar-refractivity contribution in [2.24, 2.45) is 0 Å². The molecule has 0 unspecified atom stereocenters. The fourth-order valence-electron chi connectivity index (χ4n) is 0.834. The van der Waals surface area contributed by atoms with Crippen LogP contribution in [-0.4, -0.2) is 29.2 Å². The number of hydrogen-bond donors (Lipinski definition) is 0. The van der Waals surface area contributed by atoms with Gasteiger partial charge in [0.25, 0.3) is 0 Å². The average molecular weight is 196 g/mol. The summed E-state index contributed by atoms with van der Waals surface area (Å²) < 4.78 is 11.9. The molecule has 4 heteroatoms. The van der Waals surface area contributed by atoms with Crippen LogP contribution < -0.4 is 0 Å². The molecule has 1 nitrogen and oxygen atoms in total. The second-order valence-corrected chi connectivity index (χ2v) is 9.64. The molecule has 0 atom stereocenters. The Balaban J connectivity index is 2.47. The van der Waals surface area contributed by atoms with E-state index < -0.39 is 7.14 Å². The summed E-state index contributed by atoms with van der Waals surface area (Å²) in [7, 11) is -1.82. The molecule has 0 aromatic rings. The summed E-state index contributed by atoms with van der Waals surface area (Å²) in [5.74, 6) is 2.40. The Morgan fingerprint density at radius 2 is 1.80 bits per heavy atom. The smallest absolute Gasteiger partial charge is 0.104 e. The zero-order valence-corrected chi connectivity index (χ0v) is 8.90. The van der Waals surface area contributed by atoms with Crippen molar-refractivity contribution in [2.75, 3.05) is 24.8 Å². The van der Waals surface area contributed by atoms with E-state index >= 15 is 0 Å². The van der Waals surface area contributed by atoms with E-state index in [2.05, 4.69) is 0 Å². The van der Waals surface area contributed by atoms with Crippen molar-refractivity contribution >= 4 is 30.7 Å². The van der Waals surface area contributed by atoms with E-state index in [1.807, 2.05) is 36.9 Å². The summed E-state index contributed by atoms with van der Waals surface area (Å²) in [6, 6.07) is 0. The molecule has 0 saturated carbocycles. The average Bonchev–Trinajstić information content (AvgIpc) is 1.88. The maximum absolute atomic E-state index is 11.5. The van der Waals surface area contributed by atoms with Gasteiger partial charge in [0, 0.05) is 0 Å². The quantitative estimate of drug-likeness (QED) is 0.600. The Morgan fingerprint density at radius 1 is 1.30 bits per heavy atom. The first-order valence-corrected chi connectivity index (χ1v) is 8.15. The van der Waals surface area contributed by atoms with Crippen molar-refractivity contribution in [2.45, 2.75) is 10.7 Å². The van der Waals surface area contributed by atoms with E-state index in [0.717, 1.165) is 0 Å². The first-order valence-electron chi connectivity index (χ1n) is 3.38. The molecule has 1 aliphatic heterocycles. The third-order valence-corrected chi connectivity index (χ3v) is 8.71. The molecule has 0 N–H and O–H groups in total. The minimum absolute atomic E-state index is 0.390. The summed E-state index contributed by atoms with van der Waals surface area (Å²) in [4.78, 5) is 0. The summed E-state index contributed by atoms with van der Waals surface area (Å²) in [5, 5.41) is 0. The maximum Gasteiger partial charge on any atom is 0.104 e. The van der Waals surface area contributed by atoms with E-state index in [1.54, 1.807) is 0 Å². The predicted molar refractivity (Wildman–Crippen MR) is 52.8 cm³/mol. The van der Waals surface area contributed by atoms with Crippen LogP contribution in [0.25, 0.3) is 0 Å². The van der Waals surface area contributed by atoms with Crippen molar-refractivity contribution in [3.05, 3.63) is 0 Å². The Labute approximate surface area is 71.1 Å². The minimum Gasteiger partial charge on any atom is -0.322 e. The van der Waals surface area contributed by atoms with Crippen molar-refractivity contribution in [3.8, 4) is 0 Å². The van der Waals surface area contributed by atoms with Gasteiger partial charge in [0.15, 0.2) is 0 Å². The zero-order valence-electron chi connectivity index (χ0n) is 6.37. The van der Waals surface area contributed by atoms with Gasteiger partial charge in [-0.15, -0.1) is 23.5 Å². The lowest BCUT2D eigenvalue weighted by molar-refractivity contribution is 0.584. The van der Waals surface area contributed by atoms with Gasteiger partial charge in [-0.05, 0) is 31.3 Å². The van der Waals surface area contributed by atoms with Gasteiger partial charge in [0.05, 0.1) is 0 Å². The minimum atomic E-state index is -1.82. The maximum atomic E-state index is 11.5. The summed E-state index contributed by atoms with van der Waals surface area (Å²) in [6.07, 6.45) is 1.28. The molecular formula is C6H13OPS2. The van der Waals surface area contributed by atoms with E-state index in [4.69, 9.17) is 0 Å². The lowest BCUT2D eigenvalue weighted by Gasteiger charge is -2.23. The van der Waals surface area contributed by atoms with Gasteiger partial charge < -0.3 is 4.57 Å². The Morgan fingerprint density at radius 3 is 2.10 bits per heavy atom. The molecule has 60 valence electrons. The third-order valence-electron chi connectivity index (χ3n) is 1.32. The van der Waals surface area contributed by atoms with Crippen LogP contribution in [0.2, 0.25) is 0 Å². The molecule has 1 saturated heterocycles. The summed E-state index contributed by atoms with van der Waals surface area (Å²) >= 11 is 3.74. The lowest BCUT2D eigenvalue weighted by Crippen LogP contribution is -2.05. The summed E-state index contributed by atoms with van der Waals surface area (Å²) in [5.41, 5.74) is 0.